The van der Waals surface area contributed by atoms with Gasteiger partial charge in [0, 0.05) is 7.11 Å². The summed E-state index contributed by atoms with van der Waals surface area (Å²) in [6.07, 6.45) is 0.907. The van der Waals surface area contributed by atoms with E-state index in [1.165, 1.54) is 5.56 Å². The second-order valence-electron chi connectivity index (χ2n) is 2.72. The number of methoxy groups -OCH3 is 1. The van der Waals surface area contributed by atoms with E-state index in [9.17, 15) is 0 Å². The second-order valence-corrected chi connectivity index (χ2v) is 2.72. The molecule has 0 aromatic heterocycles. The van der Waals surface area contributed by atoms with Gasteiger partial charge in [-0.2, -0.15) is 0 Å². The van der Waals surface area contributed by atoms with Crippen LogP contribution < -0.4 is 0 Å². The lowest BCUT2D eigenvalue weighted by Crippen LogP contribution is -1.95. The molecule has 0 radical (unpaired) electrons. The van der Waals surface area contributed by atoms with Crippen LogP contribution in [0.25, 0.3) is 0 Å². The van der Waals surface area contributed by atoms with Gasteiger partial charge in [-0.3, -0.25) is 0 Å². The fraction of sp³-hybridized carbons (Fsp3) is 0.400. The van der Waals surface area contributed by atoms with E-state index in [0.717, 1.165) is 18.6 Å². The van der Waals surface area contributed by atoms with Gasteiger partial charge in [-0.15, -0.1) is 0 Å². The summed E-state index contributed by atoms with van der Waals surface area (Å²) in [6.45, 7) is 0.843. The van der Waals surface area contributed by atoms with Crippen molar-refractivity contribution in [2.24, 2.45) is 0 Å². The van der Waals surface area contributed by atoms with Crippen molar-refractivity contribution in [2.45, 2.75) is 13.0 Å². The molecule has 0 saturated carbocycles. The number of hydrogen-bond acceptors (Lipinski definition) is 2. The summed E-state index contributed by atoms with van der Waals surface area (Å²) in [5.74, 6) is 0. The summed E-state index contributed by atoms with van der Waals surface area (Å²) >= 11 is 0. The molecule has 12 heavy (non-hydrogen) atoms. The highest BCUT2D eigenvalue weighted by Crippen LogP contribution is 2.05. The average Bonchev–Trinajstić information content (AvgIpc) is 2.15. The largest absolute Gasteiger partial charge is 0.392 e. The first kappa shape index (κ1) is 9.23. The fourth-order valence-electron chi connectivity index (χ4n) is 1.10. The molecule has 0 heterocycles. The van der Waals surface area contributed by atoms with Crippen LogP contribution in [0.3, 0.4) is 0 Å². The SMILES string of the molecule is COCCc1cccc(CO)c1. The van der Waals surface area contributed by atoms with E-state index >= 15 is 0 Å². The van der Waals surface area contributed by atoms with Crippen LogP contribution in [0.1, 0.15) is 11.1 Å². The van der Waals surface area contributed by atoms with Crippen LogP contribution in [-0.2, 0) is 17.8 Å². The monoisotopic (exact) mass is 166 g/mol. The van der Waals surface area contributed by atoms with Gasteiger partial charge in [0.25, 0.3) is 0 Å². The van der Waals surface area contributed by atoms with Gasteiger partial charge in [-0.1, -0.05) is 24.3 Å². The molecule has 1 rings (SSSR count). The zero-order chi connectivity index (χ0) is 8.81. The van der Waals surface area contributed by atoms with Gasteiger partial charge >= 0.3 is 0 Å². The molecule has 0 saturated heterocycles. The Bertz CT molecular complexity index is 233. The summed E-state index contributed by atoms with van der Waals surface area (Å²) in [5.41, 5.74) is 2.17. The van der Waals surface area contributed by atoms with Gasteiger partial charge < -0.3 is 9.84 Å². The highest BCUT2D eigenvalue weighted by Gasteiger charge is 1.93. The summed E-state index contributed by atoms with van der Waals surface area (Å²) in [6, 6.07) is 7.91. The Morgan fingerprint density at radius 2 is 2.08 bits per heavy atom. The molecule has 0 aliphatic carbocycles. The number of ether oxygens (including phenoxy) is 1. The van der Waals surface area contributed by atoms with Crippen LogP contribution in [0.5, 0.6) is 0 Å². The highest BCUT2D eigenvalue weighted by molar-refractivity contribution is 5.22. The van der Waals surface area contributed by atoms with Gasteiger partial charge in [-0.05, 0) is 17.5 Å². The van der Waals surface area contributed by atoms with Crippen molar-refractivity contribution in [3.05, 3.63) is 35.4 Å². The van der Waals surface area contributed by atoms with Crippen molar-refractivity contribution in [3.63, 3.8) is 0 Å². The molecular formula is C10H14O2. The third kappa shape index (κ3) is 2.64. The normalized spacial score (nSPS) is 10.2. The minimum Gasteiger partial charge on any atom is -0.392 e. The van der Waals surface area contributed by atoms with Crippen molar-refractivity contribution < 1.29 is 9.84 Å². The maximum absolute atomic E-state index is 8.86. The lowest BCUT2D eigenvalue weighted by molar-refractivity contribution is 0.202. The molecular weight excluding hydrogens is 152 g/mol. The smallest absolute Gasteiger partial charge is 0.0681 e. The minimum atomic E-state index is 0.112. The molecule has 2 nitrogen and oxygen atoms in total. The van der Waals surface area contributed by atoms with Crippen molar-refractivity contribution in [3.8, 4) is 0 Å². The fourth-order valence-corrected chi connectivity index (χ4v) is 1.10. The molecule has 0 aliphatic rings. The molecule has 2 heteroatoms. The molecule has 1 aromatic carbocycles. The Morgan fingerprint density at radius 1 is 1.33 bits per heavy atom. The summed E-state index contributed by atoms with van der Waals surface area (Å²) in [5, 5.41) is 8.86. The van der Waals surface area contributed by atoms with Crippen LogP contribution in [0.15, 0.2) is 24.3 Å². The topological polar surface area (TPSA) is 29.5 Å². The van der Waals surface area contributed by atoms with Crippen molar-refractivity contribution in [1.82, 2.24) is 0 Å². The average molecular weight is 166 g/mol. The Hall–Kier alpha value is -0.860. The first-order chi connectivity index (χ1) is 5.86. The van der Waals surface area contributed by atoms with Gasteiger partial charge in [0.2, 0.25) is 0 Å². The van der Waals surface area contributed by atoms with E-state index < -0.39 is 0 Å². The van der Waals surface area contributed by atoms with E-state index in [1.807, 2.05) is 24.3 Å². The second kappa shape index (κ2) is 4.91. The zero-order valence-electron chi connectivity index (χ0n) is 7.29. The van der Waals surface area contributed by atoms with Crippen LogP contribution in [0, 0.1) is 0 Å². The van der Waals surface area contributed by atoms with Gasteiger partial charge in [0.15, 0.2) is 0 Å². The van der Waals surface area contributed by atoms with Gasteiger partial charge in [0.05, 0.1) is 13.2 Å². The summed E-state index contributed by atoms with van der Waals surface area (Å²) in [7, 11) is 1.69. The summed E-state index contributed by atoms with van der Waals surface area (Å²) in [4.78, 5) is 0. The summed E-state index contributed by atoms with van der Waals surface area (Å²) < 4.78 is 4.96. The third-order valence-electron chi connectivity index (χ3n) is 1.77. The van der Waals surface area contributed by atoms with Crippen molar-refractivity contribution >= 4 is 0 Å². The number of aliphatic hydroxyl groups excluding tert-OH is 1. The Balaban J connectivity index is 2.60. The van der Waals surface area contributed by atoms with Crippen LogP contribution in [0.2, 0.25) is 0 Å². The maximum atomic E-state index is 8.86. The molecule has 0 spiro atoms. The number of hydrogen-bond donors (Lipinski definition) is 1. The molecule has 1 N–H and O–H groups in total. The van der Waals surface area contributed by atoms with E-state index in [2.05, 4.69) is 0 Å². The van der Waals surface area contributed by atoms with E-state index in [0.29, 0.717) is 0 Å². The first-order valence-electron chi connectivity index (χ1n) is 4.04. The molecule has 0 unspecified atom stereocenters. The highest BCUT2D eigenvalue weighted by atomic mass is 16.5. The first-order valence-corrected chi connectivity index (χ1v) is 4.04. The number of benzene rings is 1. The van der Waals surface area contributed by atoms with Crippen molar-refractivity contribution in [2.75, 3.05) is 13.7 Å². The van der Waals surface area contributed by atoms with Crippen LogP contribution in [-0.4, -0.2) is 18.8 Å². The lowest BCUT2D eigenvalue weighted by atomic mass is 10.1. The van der Waals surface area contributed by atoms with Gasteiger partial charge in [0.1, 0.15) is 0 Å². The van der Waals surface area contributed by atoms with Crippen molar-refractivity contribution in [1.29, 1.82) is 0 Å². The molecule has 0 aliphatic heterocycles. The molecule has 0 amide bonds. The van der Waals surface area contributed by atoms with E-state index in [4.69, 9.17) is 9.84 Å². The number of aliphatic hydroxyl groups is 1. The van der Waals surface area contributed by atoms with E-state index in [1.54, 1.807) is 7.11 Å². The molecule has 0 atom stereocenters. The third-order valence-corrected chi connectivity index (χ3v) is 1.77. The van der Waals surface area contributed by atoms with E-state index in [-0.39, 0.29) is 6.61 Å². The molecule has 0 fully saturated rings. The zero-order valence-corrected chi connectivity index (χ0v) is 7.29. The molecule has 66 valence electrons. The van der Waals surface area contributed by atoms with Gasteiger partial charge in [-0.25, -0.2) is 0 Å². The Labute approximate surface area is 72.8 Å². The quantitative estimate of drug-likeness (QED) is 0.732. The standard InChI is InChI=1S/C10H14O2/c1-12-6-5-9-3-2-4-10(7-9)8-11/h2-4,7,11H,5-6,8H2,1H3. The van der Waals surface area contributed by atoms with Crippen LogP contribution in [0.4, 0.5) is 0 Å². The Kier molecular flexibility index (Phi) is 3.77. The predicted octanol–water partition coefficient (Wildman–Crippen LogP) is 1.37. The minimum absolute atomic E-state index is 0.112. The molecule has 1 aromatic rings. The van der Waals surface area contributed by atoms with Crippen LogP contribution >= 0.6 is 0 Å². The predicted molar refractivity (Wildman–Crippen MR) is 47.9 cm³/mol. The maximum Gasteiger partial charge on any atom is 0.0681 e. The number of rotatable bonds is 4. The Morgan fingerprint density at radius 3 is 2.75 bits per heavy atom. The lowest BCUT2D eigenvalue weighted by Gasteiger charge is -2.01. The molecule has 0 bridgehead atoms.